The van der Waals surface area contributed by atoms with Crippen LogP contribution in [0.3, 0.4) is 0 Å². The number of nitrogens with zero attached hydrogens (tertiary/aromatic N) is 2. The highest BCUT2D eigenvalue weighted by Gasteiger charge is 2.28. The maximum Gasteiger partial charge on any atom is 0.231 e. The normalized spacial score (nSPS) is 13.9. The zero-order chi connectivity index (χ0) is 15.3. The van der Waals surface area contributed by atoms with E-state index in [9.17, 15) is 0 Å². The Kier molecular flexibility index (Phi) is 4.93. The van der Waals surface area contributed by atoms with Crippen molar-refractivity contribution in [3.8, 4) is 5.75 Å². The Morgan fingerprint density at radius 2 is 2.10 bits per heavy atom. The van der Waals surface area contributed by atoms with Crippen molar-refractivity contribution >= 4 is 0 Å². The lowest BCUT2D eigenvalue weighted by Gasteiger charge is -2.19. The minimum absolute atomic E-state index is 0.344. The van der Waals surface area contributed by atoms with Gasteiger partial charge in [-0.05, 0) is 19.9 Å². The second-order valence-electron chi connectivity index (χ2n) is 5.05. The predicted molar refractivity (Wildman–Crippen MR) is 78.1 cm³/mol. The zero-order valence-corrected chi connectivity index (χ0v) is 12.6. The van der Waals surface area contributed by atoms with E-state index in [-0.39, 0.29) is 0 Å². The summed E-state index contributed by atoms with van der Waals surface area (Å²) >= 11 is 0. The molecule has 0 saturated carbocycles. The largest absolute Gasteiger partial charge is 0.496 e. The number of hydrogen-bond donors (Lipinski definition) is 1. The van der Waals surface area contributed by atoms with Crippen LogP contribution in [0.1, 0.15) is 31.1 Å². The quantitative estimate of drug-likeness (QED) is 0.838. The lowest BCUT2D eigenvalue weighted by atomic mass is 10.1. The minimum atomic E-state index is -0.765. The summed E-state index contributed by atoms with van der Waals surface area (Å²) in [4.78, 5) is 4.37. The first-order valence-corrected chi connectivity index (χ1v) is 6.88. The lowest BCUT2D eigenvalue weighted by Crippen LogP contribution is -2.39. The molecule has 0 aliphatic carbocycles. The molecule has 0 amide bonds. The van der Waals surface area contributed by atoms with Gasteiger partial charge in [0.05, 0.1) is 20.1 Å². The Bertz CT molecular complexity index is 581. The van der Waals surface area contributed by atoms with Crippen molar-refractivity contribution in [1.29, 1.82) is 0 Å². The van der Waals surface area contributed by atoms with E-state index in [1.807, 2.05) is 38.1 Å². The third kappa shape index (κ3) is 3.80. The van der Waals surface area contributed by atoms with E-state index in [0.717, 1.165) is 11.3 Å². The zero-order valence-electron chi connectivity index (χ0n) is 12.6. The van der Waals surface area contributed by atoms with Crippen LogP contribution in [-0.2, 0) is 16.7 Å². The molecule has 21 heavy (non-hydrogen) atoms. The number of para-hydroxylation sites is 1. The van der Waals surface area contributed by atoms with Crippen LogP contribution < -0.4 is 10.5 Å². The van der Waals surface area contributed by atoms with Gasteiger partial charge in [-0.1, -0.05) is 23.4 Å². The summed E-state index contributed by atoms with van der Waals surface area (Å²) in [6.07, 6.45) is 0.502. The van der Waals surface area contributed by atoms with E-state index in [2.05, 4.69) is 10.1 Å². The van der Waals surface area contributed by atoms with Crippen molar-refractivity contribution in [2.24, 2.45) is 5.73 Å². The number of ether oxygens (including phenoxy) is 2. The highest BCUT2D eigenvalue weighted by atomic mass is 16.5. The SMILES string of the molecule is CCOCC(C)(N)c1noc(Cc2ccccc2OC)n1. The minimum Gasteiger partial charge on any atom is -0.496 e. The van der Waals surface area contributed by atoms with Gasteiger partial charge in [-0.3, -0.25) is 0 Å². The lowest BCUT2D eigenvalue weighted by molar-refractivity contribution is 0.0962. The molecule has 2 aromatic rings. The molecule has 0 radical (unpaired) electrons. The van der Waals surface area contributed by atoms with Crippen LogP contribution in [0.4, 0.5) is 0 Å². The van der Waals surface area contributed by atoms with Gasteiger partial charge in [-0.25, -0.2) is 0 Å². The topological polar surface area (TPSA) is 83.4 Å². The molecule has 1 aromatic heterocycles. The molecule has 2 rings (SSSR count). The van der Waals surface area contributed by atoms with E-state index in [4.69, 9.17) is 19.7 Å². The second kappa shape index (κ2) is 6.69. The van der Waals surface area contributed by atoms with Crippen molar-refractivity contribution in [1.82, 2.24) is 10.1 Å². The van der Waals surface area contributed by atoms with E-state index in [1.165, 1.54) is 0 Å². The summed E-state index contributed by atoms with van der Waals surface area (Å²) in [5.74, 6) is 1.74. The van der Waals surface area contributed by atoms with Crippen LogP contribution >= 0.6 is 0 Å². The van der Waals surface area contributed by atoms with Gasteiger partial charge in [0.15, 0.2) is 5.82 Å². The third-order valence-electron chi connectivity index (χ3n) is 3.12. The average molecular weight is 291 g/mol. The molecule has 1 unspecified atom stereocenters. The van der Waals surface area contributed by atoms with Crippen LogP contribution in [0.15, 0.2) is 28.8 Å². The molecule has 2 N–H and O–H groups in total. The molecule has 0 aliphatic rings. The summed E-state index contributed by atoms with van der Waals surface area (Å²) < 4.78 is 15.9. The Labute approximate surface area is 124 Å². The number of nitrogens with two attached hydrogens (primary N) is 1. The van der Waals surface area contributed by atoms with Crippen LogP contribution in [0.2, 0.25) is 0 Å². The van der Waals surface area contributed by atoms with Crippen molar-refractivity contribution in [3.05, 3.63) is 41.5 Å². The Morgan fingerprint density at radius 1 is 1.33 bits per heavy atom. The van der Waals surface area contributed by atoms with Gasteiger partial charge >= 0.3 is 0 Å². The van der Waals surface area contributed by atoms with Crippen molar-refractivity contribution in [2.75, 3.05) is 20.3 Å². The summed E-state index contributed by atoms with van der Waals surface area (Å²) in [6.45, 7) is 4.68. The molecule has 1 atom stereocenters. The Hall–Kier alpha value is -1.92. The Morgan fingerprint density at radius 3 is 2.81 bits per heavy atom. The van der Waals surface area contributed by atoms with E-state index < -0.39 is 5.54 Å². The summed E-state index contributed by atoms with van der Waals surface area (Å²) in [5, 5.41) is 3.96. The molecule has 0 saturated heterocycles. The summed E-state index contributed by atoms with van der Waals surface area (Å²) in [6, 6.07) is 7.72. The molecule has 0 fully saturated rings. The predicted octanol–water partition coefficient (Wildman–Crippen LogP) is 1.88. The van der Waals surface area contributed by atoms with Crippen molar-refractivity contribution in [3.63, 3.8) is 0 Å². The number of aromatic nitrogens is 2. The van der Waals surface area contributed by atoms with Gasteiger partial charge in [0.25, 0.3) is 0 Å². The van der Waals surface area contributed by atoms with Gasteiger partial charge < -0.3 is 19.7 Å². The Balaban J connectivity index is 2.13. The number of rotatable bonds is 7. The highest BCUT2D eigenvalue weighted by molar-refractivity contribution is 5.34. The fraction of sp³-hybridized carbons (Fsp3) is 0.467. The van der Waals surface area contributed by atoms with Gasteiger partial charge in [-0.15, -0.1) is 0 Å². The molecule has 6 heteroatoms. The standard InChI is InChI=1S/C15H21N3O3/c1-4-20-10-15(2,16)14-17-13(21-18-14)9-11-7-5-6-8-12(11)19-3/h5-8H,4,9-10,16H2,1-3H3. The van der Waals surface area contributed by atoms with E-state index in [0.29, 0.717) is 31.3 Å². The number of benzene rings is 1. The molecule has 6 nitrogen and oxygen atoms in total. The number of hydrogen-bond acceptors (Lipinski definition) is 6. The number of methoxy groups -OCH3 is 1. The van der Waals surface area contributed by atoms with Crippen LogP contribution in [0.25, 0.3) is 0 Å². The highest BCUT2D eigenvalue weighted by Crippen LogP contribution is 2.21. The first-order valence-electron chi connectivity index (χ1n) is 6.88. The van der Waals surface area contributed by atoms with E-state index in [1.54, 1.807) is 7.11 Å². The third-order valence-corrected chi connectivity index (χ3v) is 3.12. The fourth-order valence-electron chi connectivity index (χ4n) is 1.95. The fourth-order valence-corrected chi connectivity index (χ4v) is 1.95. The van der Waals surface area contributed by atoms with Crippen LogP contribution in [-0.4, -0.2) is 30.5 Å². The summed E-state index contributed by atoms with van der Waals surface area (Å²) in [5.41, 5.74) is 6.37. The van der Waals surface area contributed by atoms with Crippen molar-refractivity contribution < 1.29 is 14.0 Å². The van der Waals surface area contributed by atoms with Gasteiger partial charge in [-0.2, -0.15) is 4.98 Å². The molecular formula is C15H21N3O3. The maximum atomic E-state index is 6.15. The smallest absolute Gasteiger partial charge is 0.231 e. The van der Waals surface area contributed by atoms with E-state index >= 15 is 0 Å². The van der Waals surface area contributed by atoms with Crippen molar-refractivity contribution in [2.45, 2.75) is 25.8 Å². The van der Waals surface area contributed by atoms with Gasteiger partial charge in [0.1, 0.15) is 11.3 Å². The first kappa shape index (κ1) is 15.5. The molecule has 0 bridgehead atoms. The van der Waals surface area contributed by atoms with Gasteiger partial charge in [0, 0.05) is 12.2 Å². The molecule has 114 valence electrons. The molecule has 1 aromatic carbocycles. The summed E-state index contributed by atoms with van der Waals surface area (Å²) in [7, 11) is 1.64. The maximum absolute atomic E-state index is 6.15. The second-order valence-corrected chi connectivity index (χ2v) is 5.05. The monoisotopic (exact) mass is 291 g/mol. The molecule has 1 heterocycles. The first-order chi connectivity index (χ1) is 10.1. The average Bonchev–Trinajstić information content (AvgIpc) is 2.95. The van der Waals surface area contributed by atoms with Crippen LogP contribution in [0.5, 0.6) is 5.75 Å². The molecule has 0 aliphatic heterocycles. The molecule has 0 spiro atoms. The van der Waals surface area contributed by atoms with Crippen LogP contribution in [0, 0.1) is 0 Å². The van der Waals surface area contributed by atoms with Gasteiger partial charge in [0.2, 0.25) is 5.89 Å². The molecular weight excluding hydrogens is 270 g/mol.